The Morgan fingerprint density at radius 1 is 0.496 bits per heavy atom. The Morgan fingerprint density at radius 3 is 1.43 bits per heavy atom. The summed E-state index contributed by atoms with van der Waals surface area (Å²) in [6.07, 6.45) is 8.40. The first-order valence-corrected chi connectivity index (χ1v) is 43.8. The van der Waals surface area contributed by atoms with Gasteiger partial charge in [0, 0.05) is 54.8 Å². The first-order chi connectivity index (χ1) is 60.3. The second-order valence-electron chi connectivity index (χ2n) is 35.9. The Morgan fingerprint density at radius 2 is 0.953 bits per heavy atom. The number of amides is 7. The van der Waals surface area contributed by atoms with E-state index in [0.29, 0.717) is 74.5 Å². The summed E-state index contributed by atoms with van der Waals surface area (Å²) in [4.78, 5) is 161. The van der Waals surface area contributed by atoms with E-state index in [0.717, 1.165) is 110 Å². The number of carbonyl (C=O) groups is 10. The third kappa shape index (κ3) is 22.7. The standard InChI is InChI=1S/C60H66N4O8.C40H50N8O6.CH4/c1-38-17-14-22-43(33-38)54-47-34-39(35-51(65)49-23-15-31-63(49)57(69)45(40-18-10-8-11-19-40)36-52(66)71-59(2,3)4)25-30-48(47)62-55(54)42-26-28-44(29-27-42)61-56(68)50-24-16-32-64(50)58(70)46(41-20-12-9-13-21-41)37-53(67)72-60(5,6)7;1-23(2)34(45-33(50)22-49)38(51)47-18-6-8-31(47)36-41-20-29(43-36)27-14-10-25(11-15-27)26-12-16-28(17-13-26)30-21-42-37(44-30)32-9-7-19-48(32)39(52)35(24(3)4)46-40(53)54-5;/h8-14,17-22,25-30,33-34,45-46,49-50,62H,15-16,23-24,31-32,35-37H2,1-7H3,(H,61,68);10-17,20-21,23-24,31-32,34-35,49H,6-9,18-19,22H2,1-5H3,(H,41,43)(H,42,44)(H,45,50)(H,46,53);1H4/t45-,46-,49+,50+;31-,32-,34-,35-;/m10./s1. The molecule has 14 rings (SSSR count). The van der Waals surface area contributed by atoms with Crippen molar-refractivity contribution >= 4 is 75.8 Å². The normalized spacial score (nSPS) is 17.3. The molecule has 4 fully saturated rings. The lowest BCUT2D eigenvalue weighted by molar-refractivity contribution is -0.158. The Hall–Kier alpha value is -12.8. The van der Waals surface area contributed by atoms with Crippen molar-refractivity contribution in [2.75, 3.05) is 45.2 Å². The van der Waals surface area contributed by atoms with Gasteiger partial charge >= 0.3 is 18.0 Å². The lowest BCUT2D eigenvalue weighted by atomic mass is 9.92. The smallest absolute Gasteiger partial charge is 0.407 e. The topological polar surface area (TPSA) is 341 Å². The van der Waals surface area contributed by atoms with Gasteiger partial charge in [-0.2, -0.15) is 0 Å². The predicted molar refractivity (Wildman–Crippen MR) is 489 cm³/mol. The summed E-state index contributed by atoms with van der Waals surface area (Å²) in [6, 6.07) is 53.5. The largest absolute Gasteiger partial charge is 0.460 e. The number of alkyl carbamates (subject to hydrolysis) is 1. The zero-order valence-electron chi connectivity index (χ0n) is 73.9. The fraction of sp³-hybridized carbons (Fsp3) is 0.406. The second kappa shape index (κ2) is 41.1. The molecule has 0 aliphatic carbocycles. The Balaban J connectivity index is 0.000000238. The maximum atomic E-state index is 14.4. The van der Waals surface area contributed by atoms with Gasteiger partial charge in [-0.25, -0.2) is 14.8 Å². The van der Waals surface area contributed by atoms with Crippen LogP contribution in [0.1, 0.15) is 199 Å². The minimum Gasteiger partial charge on any atom is -0.460 e. The minimum absolute atomic E-state index is 0. The monoisotopic (exact) mass is 1720 g/mol. The van der Waals surface area contributed by atoms with Crippen molar-refractivity contribution in [3.05, 3.63) is 222 Å². The van der Waals surface area contributed by atoms with Gasteiger partial charge in [-0.3, -0.25) is 43.2 Å². The number of hydrogen-bond donors (Lipinski definition) is 7. The van der Waals surface area contributed by atoms with Crippen molar-refractivity contribution in [3.8, 4) is 56.0 Å². The Bertz CT molecular complexity index is 5410. The van der Waals surface area contributed by atoms with Gasteiger partial charge in [-0.05, 0) is 186 Å². The number of aliphatic hydroxyl groups is 1. The van der Waals surface area contributed by atoms with Crippen LogP contribution in [0, 0.1) is 18.8 Å². The first kappa shape index (κ1) is 93.3. The van der Waals surface area contributed by atoms with Gasteiger partial charge in [0.25, 0.3) is 0 Å². The van der Waals surface area contributed by atoms with Gasteiger partial charge in [-0.1, -0.05) is 192 Å². The summed E-state index contributed by atoms with van der Waals surface area (Å²) in [6.45, 7) is 21.7. The molecule has 7 amide bonds. The molecule has 0 bridgehead atoms. The van der Waals surface area contributed by atoms with E-state index in [1.807, 2.05) is 168 Å². The minimum atomic E-state index is -0.797. The summed E-state index contributed by atoms with van der Waals surface area (Å²) >= 11 is 0. The highest BCUT2D eigenvalue weighted by Crippen LogP contribution is 2.42. The Kier molecular flexibility index (Phi) is 30.2. The van der Waals surface area contributed by atoms with Crippen LogP contribution in [0.2, 0.25) is 0 Å². The number of aliphatic hydroxyl groups excluding tert-OH is 1. The van der Waals surface area contributed by atoms with Crippen molar-refractivity contribution in [2.24, 2.45) is 11.8 Å². The third-order valence-corrected chi connectivity index (χ3v) is 23.7. The van der Waals surface area contributed by atoms with Gasteiger partial charge in [0.1, 0.15) is 47.6 Å². The third-order valence-electron chi connectivity index (χ3n) is 23.7. The highest BCUT2D eigenvalue weighted by molar-refractivity contribution is 6.06. The average molecular weight is 1730 g/mol. The number of nitrogens with zero attached hydrogens (tertiary/aromatic N) is 6. The molecule has 26 nitrogen and oxygen atoms in total. The first-order valence-electron chi connectivity index (χ1n) is 43.8. The van der Waals surface area contributed by atoms with Crippen LogP contribution >= 0.6 is 0 Å². The van der Waals surface area contributed by atoms with E-state index in [1.165, 1.54) is 7.11 Å². The molecule has 0 saturated carbocycles. The number of carbonyl (C=O) groups excluding carboxylic acids is 10. The van der Waals surface area contributed by atoms with Crippen LogP contribution in [0.25, 0.3) is 66.9 Å². The molecule has 7 aromatic carbocycles. The number of Topliss-reactive ketones (excluding diaryl/α,β-unsaturated/α-hetero) is 1. The summed E-state index contributed by atoms with van der Waals surface area (Å²) in [7, 11) is 1.29. The lowest BCUT2D eigenvalue weighted by Crippen LogP contribution is -2.51. The highest BCUT2D eigenvalue weighted by Gasteiger charge is 2.44. The molecular formula is C101H120N12O14. The number of aromatic nitrogens is 5. The summed E-state index contributed by atoms with van der Waals surface area (Å²) < 4.78 is 16.0. The van der Waals surface area contributed by atoms with Crippen LogP contribution in [-0.4, -0.2) is 184 Å². The molecule has 0 unspecified atom stereocenters. The van der Waals surface area contributed by atoms with Gasteiger partial charge in [0.2, 0.25) is 35.4 Å². The van der Waals surface area contributed by atoms with Gasteiger partial charge in [-0.15, -0.1) is 0 Å². The number of imidazole rings is 2. The van der Waals surface area contributed by atoms with Crippen LogP contribution in [0.15, 0.2) is 188 Å². The molecule has 4 saturated heterocycles. The maximum absolute atomic E-state index is 14.4. The van der Waals surface area contributed by atoms with E-state index < -0.39 is 77.8 Å². The number of ketones is 1. The molecule has 3 aromatic heterocycles. The number of nitrogens with one attached hydrogen (secondary N) is 6. The van der Waals surface area contributed by atoms with Crippen LogP contribution in [0.3, 0.4) is 0 Å². The summed E-state index contributed by atoms with van der Waals surface area (Å²) in [5.41, 5.74) is 12.8. The molecule has 127 heavy (non-hydrogen) atoms. The number of likely N-dealkylation sites (tertiary alicyclic amines) is 4. The van der Waals surface area contributed by atoms with Gasteiger partial charge < -0.3 is 69.8 Å². The molecule has 10 aromatic rings. The number of anilines is 1. The van der Waals surface area contributed by atoms with E-state index in [4.69, 9.17) is 14.2 Å². The van der Waals surface area contributed by atoms with Crippen LogP contribution in [0.5, 0.6) is 0 Å². The van der Waals surface area contributed by atoms with E-state index >= 15 is 0 Å². The molecule has 4 aliphatic heterocycles. The lowest BCUT2D eigenvalue weighted by Gasteiger charge is -2.30. The molecular weight excluding hydrogens is 1610 g/mol. The summed E-state index contributed by atoms with van der Waals surface area (Å²) in [5, 5.41) is 18.6. The van der Waals surface area contributed by atoms with Crippen molar-refractivity contribution in [3.63, 3.8) is 0 Å². The van der Waals surface area contributed by atoms with Crippen molar-refractivity contribution in [1.29, 1.82) is 0 Å². The molecule has 0 radical (unpaired) electrons. The van der Waals surface area contributed by atoms with E-state index in [1.54, 1.807) is 73.5 Å². The second-order valence-corrected chi connectivity index (χ2v) is 35.9. The van der Waals surface area contributed by atoms with E-state index in [2.05, 4.69) is 83.3 Å². The molecule has 668 valence electrons. The number of benzene rings is 7. The molecule has 8 atom stereocenters. The molecule has 0 spiro atoms. The molecule has 7 N–H and O–H groups in total. The molecule has 7 heterocycles. The fourth-order valence-electron chi connectivity index (χ4n) is 17.6. The van der Waals surface area contributed by atoms with Gasteiger partial charge in [0.05, 0.1) is 79.4 Å². The van der Waals surface area contributed by atoms with Crippen molar-refractivity contribution < 1.29 is 67.3 Å². The number of fused-ring (bicyclic) bond motifs is 1. The number of aromatic amines is 3. The van der Waals surface area contributed by atoms with Gasteiger partial charge in [0.15, 0.2) is 5.78 Å². The maximum Gasteiger partial charge on any atom is 0.407 e. The quantitative estimate of drug-likeness (QED) is 0.0186. The zero-order valence-corrected chi connectivity index (χ0v) is 73.9. The molecule has 4 aliphatic rings. The number of H-pyrrole nitrogens is 3. The zero-order chi connectivity index (χ0) is 89.8. The fourth-order valence-corrected chi connectivity index (χ4v) is 17.6. The summed E-state index contributed by atoms with van der Waals surface area (Å²) in [5.74, 6) is -3.11. The predicted octanol–water partition coefficient (Wildman–Crippen LogP) is 16.5. The SMILES string of the molecule is C.COC(=O)N[C@H](C(=O)N1CCC[C@H]1c1ncc(-c2ccc(-c3ccc(-c4cnc([C@@H]5CCCN5C(=O)[C@@H](NC(=O)CO)C(C)C)[nH]4)cc3)cc2)[nH]1)C(C)C.Cc1cccc(-c2c(-c3ccc(NC(=O)[C@@H]4CCCN4C(=O)[C@H](CC(=O)OC(C)(C)C)c4ccccc4)cc3)[nH]c3ccc(CC(=O)[C@@H]4CCCN4C(=O)[C@H](CC(=O)OC(C)(C)C)c4ccccc4)cc23)c1. The molecule has 26 heteroatoms. The van der Waals surface area contributed by atoms with Crippen molar-refractivity contribution in [2.45, 2.75) is 214 Å². The number of esters is 2. The van der Waals surface area contributed by atoms with Crippen molar-refractivity contribution in [1.82, 2.24) is 55.2 Å². The number of methoxy groups -OCH3 is 1. The highest BCUT2D eigenvalue weighted by atomic mass is 16.6. The number of aryl methyl sites for hydroxylation is 1. The number of ether oxygens (including phenoxy) is 3. The number of rotatable bonds is 27. The van der Waals surface area contributed by atoms with E-state index in [9.17, 15) is 53.1 Å². The van der Waals surface area contributed by atoms with Crippen LogP contribution in [0.4, 0.5) is 10.5 Å². The number of hydrogen-bond acceptors (Lipinski definition) is 16. The van der Waals surface area contributed by atoms with Crippen LogP contribution < -0.4 is 16.0 Å². The average Bonchev–Trinajstić information content (AvgIpc) is 1.61. The van der Waals surface area contributed by atoms with Crippen LogP contribution in [-0.2, 0) is 63.8 Å². The van der Waals surface area contributed by atoms with E-state index in [-0.39, 0.29) is 85.9 Å². The Labute approximate surface area is 743 Å².